The number of carbonyl (C=O) groups excluding carboxylic acids is 3. The van der Waals surface area contributed by atoms with Gasteiger partial charge in [0.25, 0.3) is 0 Å². The van der Waals surface area contributed by atoms with E-state index in [0.29, 0.717) is 21.2 Å². The van der Waals surface area contributed by atoms with E-state index in [4.69, 9.17) is 37.4 Å². The molecule has 0 radical (unpaired) electrons. The molecule has 0 saturated carbocycles. The van der Waals surface area contributed by atoms with Crippen molar-refractivity contribution in [3.8, 4) is 0 Å². The summed E-state index contributed by atoms with van der Waals surface area (Å²) >= 11 is 11.8. The average Bonchev–Trinajstić information content (AvgIpc) is 3.27. The minimum absolute atomic E-state index is 0.111. The van der Waals surface area contributed by atoms with Crippen molar-refractivity contribution in [1.82, 2.24) is 9.55 Å². The highest BCUT2D eigenvalue weighted by atomic mass is 35.5. The van der Waals surface area contributed by atoms with Gasteiger partial charge in [0.1, 0.15) is 18.5 Å². The van der Waals surface area contributed by atoms with Crippen molar-refractivity contribution in [2.45, 2.75) is 38.7 Å². The molecule has 0 spiro atoms. The zero-order valence-corrected chi connectivity index (χ0v) is 21.9. The second kappa shape index (κ2) is 11.8. The summed E-state index contributed by atoms with van der Waals surface area (Å²) in [5.41, 5.74) is 0.326. The van der Waals surface area contributed by atoms with Gasteiger partial charge in [-0.2, -0.15) is 4.98 Å². The van der Waals surface area contributed by atoms with Gasteiger partial charge >= 0.3 is 17.6 Å². The summed E-state index contributed by atoms with van der Waals surface area (Å²) < 4.78 is 18.3. The van der Waals surface area contributed by atoms with E-state index in [2.05, 4.69) is 10.3 Å². The van der Waals surface area contributed by atoms with E-state index in [1.807, 2.05) is 0 Å². The van der Waals surface area contributed by atoms with Gasteiger partial charge in [-0.15, -0.1) is 0 Å². The second-order valence-corrected chi connectivity index (χ2v) is 9.46. The third kappa shape index (κ3) is 6.58. The number of ether oxygens (including phenoxy) is 3. The third-order valence-electron chi connectivity index (χ3n) is 5.67. The Bertz CT molecular complexity index is 1410. The van der Waals surface area contributed by atoms with Crippen molar-refractivity contribution in [2.75, 3.05) is 11.9 Å². The number of hydrogen-bond acceptors (Lipinski definition) is 8. The smallest absolute Gasteiger partial charge is 0.351 e. The predicted molar refractivity (Wildman–Crippen MR) is 138 cm³/mol. The summed E-state index contributed by atoms with van der Waals surface area (Å²) in [6.07, 6.45) is -1.08. The molecule has 0 aliphatic carbocycles. The van der Waals surface area contributed by atoms with E-state index in [0.717, 1.165) is 0 Å². The molecular formula is C26H23Cl2N3O7. The summed E-state index contributed by atoms with van der Waals surface area (Å²) in [7, 11) is 0. The maximum absolute atomic E-state index is 12.9. The van der Waals surface area contributed by atoms with Gasteiger partial charge in [0.2, 0.25) is 5.91 Å². The number of aromatic nitrogens is 2. The molecule has 1 N–H and O–H groups in total. The molecule has 0 bridgehead atoms. The number of nitrogens with one attached hydrogen (secondary N) is 1. The number of carbonyl (C=O) groups is 3. The van der Waals surface area contributed by atoms with Crippen molar-refractivity contribution in [3.63, 3.8) is 0 Å². The Morgan fingerprint density at radius 1 is 1.03 bits per heavy atom. The minimum Gasteiger partial charge on any atom is -0.459 e. The first-order valence-electron chi connectivity index (χ1n) is 11.5. The standard InChI is InChI=1S/C26H23Cl2N3O7/c1-14-12-31(26(35)30-22(14)29-15(2)32)23-21(38-25(34)17-5-9-19(28)10-6-17)11-20(37-23)13-36-24(33)16-3-7-18(27)8-4-16/h3-10,12,20-21,23H,11,13H2,1-2H3,(H,29,30,32,35)/t20-,21+,23+/m0/s1. The van der Waals surface area contributed by atoms with Crippen LogP contribution < -0.4 is 11.0 Å². The lowest BCUT2D eigenvalue weighted by Gasteiger charge is -2.22. The van der Waals surface area contributed by atoms with Crippen LogP contribution in [0.3, 0.4) is 0 Å². The molecule has 2 heterocycles. The highest BCUT2D eigenvalue weighted by Gasteiger charge is 2.41. The maximum Gasteiger partial charge on any atom is 0.351 e. The molecule has 0 unspecified atom stereocenters. The first-order chi connectivity index (χ1) is 18.1. The van der Waals surface area contributed by atoms with Crippen molar-refractivity contribution in [3.05, 3.63) is 91.9 Å². The van der Waals surface area contributed by atoms with Gasteiger partial charge in [-0.1, -0.05) is 23.2 Å². The van der Waals surface area contributed by atoms with E-state index < -0.39 is 36.1 Å². The Morgan fingerprint density at radius 2 is 1.61 bits per heavy atom. The molecule has 2 aromatic carbocycles. The fourth-order valence-corrected chi connectivity index (χ4v) is 4.10. The second-order valence-electron chi connectivity index (χ2n) is 8.58. The van der Waals surface area contributed by atoms with E-state index in [9.17, 15) is 19.2 Å². The van der Waals surface area contributed by atoms with Crippen molar-refractivity contribution >= 4 is 46.9 Å². The van der Waals surface area contributed by atoms with Crippen molar-refractivity contribution in [2.24, 2.45) is 0 Å². The number of rotatable bonds is 7. The van der Waals surface area contributed by atoms with Crippen LogP contribution in [-0.2, 0) is 19.0 Å². The fourth-order valence-electron chi connectivity index (χ4n) is 3.85. The Kier molecular flexibility index (Phi) is 8.45. The van der Waals surface area contributed by atoms with E-state index >= 15 is 0 Å². The first-order valence-corrected chi connectivity index (χ1v) is 12.3. The van der Waals surface area contributed by atoms with Gasteiger partial charge in [-0.05, 0) is 55.5 Å². The van der Waals surface area contributed by atoms with Gasteiger partial charge in [0, 0.05) is 35.2 Å². The van der Waals surface area contributed by atoms with Crippen molar-refractivity contribution < 1.29 is 28.6 Å². The Morgan fingerprint density at radius 3 is 2.18 bits per heavy atom. The number of benzene rings is 2. The molecule has 10 nitrogen and oxygen atoms in total. The molecule has 4 rings (SSSR count). The quantitative estimate of drug-likeness (QED) is 0.427. The van der Waals surface area contributed by atoms with Crippen LogP contribution in [0, 0.1) is 6.92 Å². The maximum atomic E-state index is 12.9. The molecule has 1 fully saturated rings. The van der Waals surface area contributed by atoms with Gasteiger partial charge in [0.15, 0.2) is 6.23 Å². The molecule has 12 heteroatoms. The van der Waals surface area contributed by atoms with Crippen LogP contribution in [0.2, 0.25) is 10.0 Å². The van der Waals surface area contributed by atoms with Crippen LogP contribution in [0.5, 0.6) is 0 Å². The molecule has 3 atom stereocenters. The zero-order chi connectivity index (χ0) is 27.4. The average molecular weight is 560 g/mol. The third-order valence-corrected chi connectivity index (χ3v) is 6.17. The largest absolute Gasteiger partial charge is 0.459 e. The van der Waals surface area contributed by atoms with Crippen LogP contribution in [0.15, 0.2) is 59.5 Å². The lowest BCUT2D eigenvalue weighted by atomic mass is 10.1. The summed E-state index contributed by atoms with van der Waals surface area (Å²) in [6.45, 7) is 2.80. The van der Waals surface area contributed by atoms with Crippen LogP contribution in [-0.4, -0.2) is 46.2 Å². The van der Waals surface area contributed by atoms with Crippen LogP contribution in [0.25, 0.3) is 0 Å². The van der Waals surface area contributed by atoms with Gasteiger partial charge < -0.3 is 19.5 Å². The summed E-state index contributed by atoms with van der Waals surface area (Å²) in [5.74, 6) is -1.50. The van der Waals surface area contributed by atoms with E-state index in [1.165, 1.54) is 42.0 Å². The van der Waals surface area contributed by atoms with Crippen molar-refractivity contribution in [1.29, 1.82) is 0 Å². The first kappa shape index (κ1) is 27.3. The Balaban J connectivity index is 1.55. The topological polar surface area (TPSA) is 126 Å². The predicted octanol–water partition coefficient (Wildman–Crippen LogP) is 4.19. The molecular weight excluding hydrogens is 537 g/mol. The molecule has 1 amide bonds. The van der Waals surface area contributed by atoms with Gasteiger partial charge in [-0.25, -0.2) is 14.4 Å². The number of esters is 2. The van der Waals surface area contributed by atoms with Crippen LogP contribution in [0.4, 0.5) is 5.82 Å². The highest BCUT2D eigenvalue weighted by molar-refractivity contribution is 6.31. The SMILES string of the molecule is CC(=O)Nc1nc(=O)n([C@@H]2O[C@H](COC(=O)c3ccc(Cl)cc3)C[C@H]2OC(=O)c2ccc(Cl)cc2)cc1C. The van der Waals surface area contributed by atoms with Crippen LogP contribution in [0.1, 0.15) is 45.9 Å². The van der Waals surface area contributed by atoms with E-state index in [-0.39, 0.29) is 30.3 Å². The molecule has 38 heavy (non-hydrogen) atoms. The molecule has 1 aromatic heterocycles. The zero-order valence-electron chi connectivity index (χ0n) is 20.4. The summed E-state index contributed by atoms with van der Waals surface area (Å²) in [5, 5.41) is 3.43. The fraction of sp³-hybridized carbons (Fsp3) is 0.269. The summed E-state index contributed by atoms with van der Waals surface area (Å²) in [6, 6.07) is 12.3. The lowest BCUT2D eigenvalue weighted by molar-refractivity contribution is -0.114. The summed E-state index contributed by atoms with van der Waals surface area (Å²) in [4.78, 5) is 53.5. The molecule has 1 aliphatic rings. The lowest BCUT2D eigenvalue weighted by Crippen LogP contribution is -2.34. The number of amides is 1. The molecule has 1 aliphatic heterocycles. The minimum atomic E-state index is -1.06. The Hall–Kier alpha value is -3.73. The normalized spacial score (nSPS) is 18.6. The Labute approximate surface area is 227 Å². The van der Waals surface area contributed by atoms with Crippen LogP contribution >= 0.6 is 23.2 Å². The van der Waals surface area contributed by atoms with E-state index in [1.54, 1.807) is 31.2 Å². The monoisotopic (exact) mass is 559 g/mol. The molecule has 198 valence electrons. The van der Waals surface area contributed by atoms with Gasteiger partial charge in [0.05, 0.1) is 17.2 Å². The number of nitrogens with zero attached hydrogens (tertiary/aromatic N) is 2. The van der Waals surface area contributed by atoms with Gasteiger partial charge in [-0.3, -0.25) is 9.36 Å². The highest BCUT2D eigenvalue weighted by Crippen LogP contribution is 2.32. The number of hydrogen-bond donors (Lipinski definition) is 1. The molecule has 1 saturated heterocycles. The number of halogens is 2. The molecule has 3 aromatic rings. The number of aryl methyl sites for hydroxylation is 1. The number of anilines is 1.